The first-order valence-corrected chi connectivity index (χ1v) is 8.76. The van der Waals surface area contributed by atoms with Crippen LogP contribution in [0.25, 0.3) is 0 Å². The van der Waals surface area contributed by atoms with Crippen molar-refractivity contribution >= 4 is 0 Å². The van der Waals surface area contributed by atoms with Crippen molar-refractivity contribution in [3.63, 3.8) is 0 Å². The first-order chi connectivity index (χ1) is 10.1. The van der Waals surface area contributed by atoms with Gasteiger partial charge in [0.1, 0.15) is 0 Å². The van der Waals surface area contributed by atoms with Crippen LogP contribution in [-0.2, 0) is 9.47 Å². The number of hydrogen-bond donors (Lipinski definition) is 1. The third-order valence-electron chi connectivity index (χ3n) is 4.55. The van der Waals surface area contributed by atoms with Gasteiger partial charge in [0.15, 0.2) is 0 Å². The lowest BCUT2D eigenvalue weighted by molar-refractivity contribution is 0.0168. The third-order valence-corrected chi connectivity index (χ3v) is 4.55. The predicted octanol–water partition coefficient (Wildman–Crippen LogP) is 2.14. The first-order valence-electron chi connectivity index (χ1n) is 8.76. The second-order valence-corrected chi connectivity index (χ2v) is 7.29. The second kappa shape index (κ2) is 9.09. The summed E-state index contributed by atoms with van der Waals surface area (Å²) >= 11 is 0. The van der Waals surface area contributed by atoms with E-state index in [1.807, 2.05) is 0 Å². The molecule has 124 valence electrons. The van der Waals surface area contributed by atoms with Crippen LogP contribution in [0.4, 0.5) is 0 Å². The Balaban J connectivity index is 1.58. The maximum absolute atomic E-state index is 6.17. The predicted molar refractivity (Wildman–Crippen MR) is 86.6 cm³/mol. The zero-order chi connectivity index (χ0) is 15.1. The van der Waals surface area contributed by atoms with E-state index in [-0.39, 0.29) is 0 Å². The SMILES string of the molecule is CC(C)CNCC1CCC(CN(C)CC2CCOCC2)O1. The number of nitrogens with one attached hydrogen (secondary N) is 1. The van der Waals surface area contributed by atoms with Crippen molar-refractivity contribution in [2.75, 3.05) is 46.4 Å². The minimum atomic E-state index is 0.422. The van der Waals surface area contributed by atoms with Crippen molar-refractivity contribution in [2.45, 2.75) is 51.7 Å². The van der Waals surface area contributed by atoms with Gasteiger partial charge >= 0.3 is 0 Å². The molecule has 2 fully saturated rings. The average Bonchev–Trinajstić information content (AvgIpc) is 2.86. The fourth-order valence-electron chi connectivity index (χ4n) is 3.39. The number of likely N-dealkylation sites (N-methyl/N-ethyl adjacent to an activating group) is 1. The molecule has 2 aliphatic rings. The van der Waals surface area contributed by atoms with E-state index >= 15 is 0 Å². The highest BCUT2D eigenvalue weighted by molar-refractivity contribution is 4.78. The Bertz CT molecular complexity index is 280. The summed E-state index contributed by atoms with van der Waals surface area (Å²) in [6.07, 6.45) is 5.72. The Morgan fingerprint density at radius 2 is 1.76 bits per heavy atom. The molecule has 2 unspecified atom stereocenters. The van der Waals surface area contributed by atoms with Gasteiger partial charge in [0.2, 0.25) is 0 Å². The molecular weight excluding hydrogens is 264 g/mol. The van der Waals surface area contributed by atoms with Crippen LogP contribution in [-0.4, -0.2) is 63.5 Å². The molecule has 0 radical (unpaired) electrons. The largest absolute Gasteiger partial charge is 0.381 e. The lowest BCUT2D eigenvalue weighted by Crippen LogP contribution is -2.36. The van der Waals surface area contributed by atoms with Crippen molar-refractivity contribution in [3.05, 3.63) is 0 Å². The molecule has 0 aliphatic carbocycles. The fraction of sp³-hybridized carbons (Fsp3) is 1.00. The molecule has 0 aromatic rings. The number of ether oxygens (including phenoxy) is 2. The van der Waals surface area contributed by atoms with Gasteiger partial charge in [0, 0.05) is 32.8 Å². The van der Waals surface area contributed by atoms with E-state index in [0.29, 0.717) is 18.1 Å². The van der Waals surface area contributed by atoms with Gasteiger partial charge in [-0.2, -0.15) is 0 Å². The third kappa shape index (κ3) is 6.64. The molecule has 4 heteroatoms. The van der Waals surface area contributed by atoms with Gasteiger partial charge in [0.25, 0.3) is 0 Å². The number of hydrogen-bond acceptors (Lipinski definition) is 4. The van der Waals surface area contributed by atoms with Crippen LogP contribution in [0.3, 0.4) is 0 Å². The molecule has 2 saturated heterocycles. The molecule has 1 N–H and O–H groups in total. The summed E-state index contributed by atoms with van der Waals surface area (Å²) in [6, 6.07) is 0. The van der Waals surface area contributed by atoms with Gasteiger partial charge in [-0.25, -0.2) is 0 Å². The Morgan fingerprint density at radius 3 is 2.48 bits per heavy atom. The van der Waals surface area contributed by atoms with Gasteiger partial charge in [-0.15, -0.1) is 0 Å². The van der Waals surface area contributed by atoms with Gasteiger partial charge in [0.05, 0.1) is 12.2 Å². The van der Waals surface area contributed by atoms with Crippen LogP contribution >= 0.6 is 0 Å². The molecule has 2 rings (SSSR count). The summed E-state index contributed by atoms with van der Waals surface area (Å²) in [5.74, 6) is 1.53. The summed E-state index contributed by atoms with van der Waals surface area (Å²) in [7, 11) is 2.24. The van der Waals surface area contributed by atoms with E-state index in [9.17, 15) is 0 Å². The highest BCUT2D eigenvalue weighted by Gasteiger charge is 2.26. The number of nitrogens with zero attached hydrogens (tertiary/aromatic N) is 1. The van der Waals surface area contributed by atoms with Crippen molar-refractivity contribution in [1.29, 1.82) is 0 Å². The summed E-state index contributed by atoms with van der Waals surface area (Å²) in [4.78, 5) is 2.46. The molecule has 0 spiro atoms. The molecule has 2 atom stereocenters. The molecule has 0 saturated carbocycles. The summed E-state index contributed by atoms with van der Waals surface area (Å²) in [5.41, 5.74) is 0. The lowest BCUT2D eigenvalue weighted by atomic mass is 10.00. The summed E-state index contributed by atoms with van der Waals surface area (Å²) in [5, 5.41) is 3.51. The van der Waals surface area contributed by atoms with E-state index in [0.717, 1.165) is 38.8 Å². The van der Waals surface area contributed by atoms with Crippen molar-refractivity contribution < 1.29 is 9.47 Å². The van der Waals surface area contributed by atoms with Gasteiger partial charge in [-0.3, -0.25) is 0 Å². The van der Waals surface area contributed by atoms with E-state index in [1.165, 1.54) is 32.2 Å². The summed E-state index contributed by atoms with van der Waals surface area (Å²) < 4.78 is 11.6. The smallest absolute Gasteiger partial charge is 0.0707 e. The topological polar surface area (TPSA) is 33.7 Å². The highest BCUT2D eigenvalue weighted by atomic mass is 16.5. The minimum Gasteiger partial charge on any atom is -0.381 e. The van der Waals surface area contributed by atoms with E-state index < -0.39 is 0 Å². The van der Waals surface area contributed by atoms with Crippen LogP contribution in [0.2, 0.25) is 0 Å². The highest BCUT2D eigenvalue weighted by Crippen LogP contribution is 2.21. The van der Waals surface area contributed by atoms with Crippen molar-refractivity contribution in [2.24, 2.45) is 11.8 Å². The maximum atomic E-state index is 6.17. The average molecular weight is 298 g/mol. The zero-order valence-electron chi connectivity index (χ0n) is 14.1. The molecule has 4 nitrogen and oxygen atoms in total. The van der Waals surface area contributed by atoms with Crippen LogP contribution in [0, 0.1) is 11.8 Å². The molecule has 0 amide bonds. The monoisotopic (exact) mass is 298 g/mol. The summed E-state index contributed by atoms with van der Waals surface area (Å²) in [6.45, 7) is 10.8. The molecule has 0 bridgehead atoms. The van der Waals surface area contributed by atoms with Gasteiger partial charge in [-0.1, -0.05) is 13.8 Å². The van der Waals surface area contributed by atoms with Gasteiger partial charge < -0.3 is 19.7 Å². The van der Waals surface area contributed by atoms with Crippen molar-refractivity contribution in [3.8, 4) is 0 Å². The van der Waals surface area contributed by atoms with Crippen LogP contribution in [0.5, 0.6) is 0 Å². The quantitative estimate of drug-likeness (QED) is 0.744. The van der Waals surface area contributed by atoms with Crippen LogP contribution < -0.4 is 5.32 Å². The maximum Gasteiger partial charge on any atom is 0.0707 e. The van der Waals surface area contributed by atoms with Crippen molar-refractivity contribution in [1.82, 2.24) is 10.2 Å². The molecule has 0 aromatic heterocycles. The first kappa shape index (κ1) is 17.2. The molecular formula is C17H34N2O2. The molecule has 2 aliphatic heterocycles. The second-order valence-electron chi connectivity index (χ2n) is 7.29. The Labute approximate surface area is 130 Å². The Kier molecular flexibility index (Phi) is 7.44. The standard InChI is InChI=1S/C17H34N2O2/c1-14(2)10-18-11-16-4-5-17(21-16)13-19(3)12-15-6-8-20-9-7-15/h14-18H,4-13H2,1-3H3. The lowest BCUT2D eigenvalue weighted by Gasteiger charge is -2.28. The molecule has 21 heavy (non-hydrogen) atoms. The van der Waals surface area contributed by atoms with Gasteiger partial charge in [-0.05, 0) is 51.1 Å². The molecule has 0 aromatic carbocycles. The van der Waals surface area contributed by atoms with E-state index in [4.69, 9.17) is 9.47 Å². The Hall–Kier alpha value is -0.160. The zero-order valence-corrected chi connectivity index (χ0v) is 14.1. The normalized spacial score (nSPS) is 27.9. The van der Waals surface area contributed by atoms with Crippen LogP contribution in [0.1, 0.15) is 39.5 Å². The van der Waals surface area contributed by atoms with E-state index in [2.05, 4.69) is 31.1 Å². The van der Waals surface area contributed by atoms with Crippen LogP contribution in [0.15, 0.2) is 0 Å². The Morgan fingerprint density at radius 1 is 1.05 bits per heavy atom. The fourth-order valence-corrected chi connectivity index (χ4v) is 3.39. The van der Waals surface area contributed by atoms with E-state index in [1.54, 1.807) is 0 Å². The molecule has 2 heterocycles. The number of rotatable bonds is 8. The minimum absolute atomic E-state index is 0.422.